The van der Waals surface area contributed by atoms with Crippen LogP contribution in [0.4, 0.5) is 0 Å². The van der Waals surface area contributed by atoms with Gasteiger partial charge in [-0.1, -0.05) is 5.16 Å². The Kier molecular flexibility index (Phi) is 4.51. The zero-order valence-corrected chi connectivity index (χ0v) is 4.13. The molecule has 0 aromatic rings. The lowest BCUT2D eigenvalue weighted by Crippen LogP contribution is -1.85. The van der Waals surface area contributed by atoms with Crippen LogP contribution in [0.1, 0.15) is 6.92 Å². The van der Waals surface area contributed by atoms with E-state index in [1.807, 2.05) is 0 Å². The molecule has 0 atom stereocenters. The van der Waals surface area contributed by atoms with Gasteiger partial charge in [-0.2, -0.15) is 0 Å². The van der Waals surface area contributed by atoms with Crippen LogP contribution in [0.5, 0.6) is 0 Å². The summed E-state index contributed by atoms with van der Waals surface area (Å²) >= 11 is 0. The highest BCUT2D eigenvalue weighted by Gasteiger charge is 1.70. The lowest BCUT2D eigenvalue weighted by Gasteiger charge is -1.83. The van der Waals surface area contributed by atoms with Crippen LogP contribution >= 0.6 is 0 Å². The molecule has 0 amide bonds. The smallest absolute Gasteiger partial charge is 0.172 e. The van der Waals surface area contributed by atoms with Crippen molar-refractivity contribution in [3.05, 3.63) is 0 Å². The largest absolute Gasteiger partial charge is 0.388 e. The van der Waals surface area contributed by atoms with Crippen molar-refractivity contribution in [3.8, 4) is 0 Å². The molecular formula is C4H7NO2. The first kappa shape index (κ1) is 6.14. The lowest BCUT2D eigenvalue weighted by molar-refractivity contribution is -0.111. The van der Waals surface area contributed by atoms with Gasteiger partial charge in [0.2, 0.25) is 0 Å². The average Bonchev–Trinajstić information content (AvgIpc) is 1.69. The lowest BCUT2D eigenvalue weighted by atomic mass is 10.8. The molecule has 3 nitrogen and oxygen atoms in total. The van der Waals surface area contributed by atoms with Crippen molar-refractivity contribution in [1.29, 1.82) is 0 Å². The Bertz CT molecular complexity index is 70.1. The molecule has 0 bridgehead atoms. The van der Waals surface area contributed by atoms with Crippen molar-refractivity contribution in [2.45, 2.75) is 6.92 Å². The standard InChI is InChI=1S/C4H7NO2/c1-2-5-7-4-3-6/h2-3H,4H2,1H3/b5-2-. The highest BCUT2D eigenvalue weighted by atomic mass is 16.6. The Balaban J connectivity index is 2.82. The van der Waals surface area contributed by atoms with Gasteiger partial charge in [-0.25, -0.2) is 0 Å². The van der Waals surface area contributed by atoms with Crippen molar-refractivity contribution in [2.24, 2.45) is 5.16 Å². The first-order chi connectivity index (χ1) is 3.41. The third-order valence-electron chi connectivity index (χ3n) is 0.323. The third kappa shape index (κ3) is 5.14. The zero-order valence-electron chi connectivity index (χ0n) is 4.13. The summed E-state index contributed by atoms with van der Waals surface area (Å²) in [6, 6.07) is 0. The van der Waals surface area contributed by atoms with Crippen molar-refractivity contribution in [1.82, 2.24) is 0 Å². The first-order valence-corrected chi connectivity index (χ1v) is 1.95. The molecule has 7 heavy (non-hydrogen) atoms. The Morgan fingerprint density at radius 2 is 2.57 bits per heavy atom. The molecule has 0 aromatic heterocycles. The minimum absolute atomic E-state index is 0.0460. The number of hydrogen-bond donors (Lipinski definition) is 0. The number of carbonyl (C=O) groups is 1. The molecule has 0 radical (unpaired) electrons. The number of aldehydes is 1. The summed E-state index contributed by atoms with van der Waals surface area (Å²) in [6.07, 6.45) is 2.12. The van der Waals surface area contributed by atoms with Crippen molar-refractivity contribution < 1.29 is 9.63 Å². The van der Waals surface area contributed by atoms with Gasteiger partial charge >= 0.3 is 0 Å². The molecule has 0 N–H and O–H groups in total. The Labute approximate surface area is 42.0 Å². The maximum atomic E-state index is 9.48. The van der Waals surface area contributed by atoms with Crippen molar-refractivity contribution in [2.75, 3.05) is 6.61 Å². The van der Waals surface area contributed by atoms with Crippen LogP contribution in [-0.4, -0.2) is 19.1 Å². The second kappa shape index (κ2) is 5.14. The molecule has 0 fully saturated rings. The van der Waals surface area contributed by atoms with Crippen LogP contribution in [0.3, 0.4) is 0 Å². The molecule has 0 aliphatic carbocycles. The molecule has 0 heterocycles. The average molecular weight is 101 g/mol. The minimum atomic E-state index is 0.0460. The van der Waals surface area contributed by atoms with Crippen LogP contribution in [0.25, 0.3) is 0 Å². The quantitative estimate of drug-likeness (QED) is 0.220. The second-order valence-corrected chi connectivity index (χ2v) is 0.826. The molecule has 0 rings (SSSR count). The van der Waals surface area contributed by atoms with Crippen molar-refractivity contribution >= 4 is 12.5 Å². The molecule has 0 saturated carbocycles. The number of rotatable bonds is 3. The normalized spacial score (nSPS) is 9.29. The van der Waals surface area contributed by atoms with E-state index < -0.39 is 0 Å². The van der Waals surface area contributed by atoms with Crippen LogP contribution in [-0.2, 0) is 9.63 Å². The Morgan fingerprint density at radius 3 is 3.00 bits per heavy atom. The maximum Gasteiger partial charge on any atom is 0.172 e. The van der Waals surface area contributed by atoms with Crippen molar-refractivity contribution in [3.63, 3.8) is 0 Å². The summed E-state index contributed by atoms with van der Waals surface area (Å²) in [4.78, 5) is 13.8. The van der Waals surface area contributed by atoms with Gasteiger partial charge in [0.1, 0.15) is 0 Å². The van der Waals surface area contributed by atoms with Crippen LogP contribution in [0.15, 0.2) is 5.16 Å². The van der Waals surface area contributed by atoms with E-state index in [0.717, 1.165) is 0 Å². The molecule has 0 aromatic carbocycles. The first-order valence-electron chi connectivity index (χ1n) is 1.95. The molecule has 3 heteroatoms. The van der Waals surface area contributed by atoms with E-state index in [2.05, 4.69) is 9.99 Å². The SMILES string of the molecule is C/C=N\OCC=O. The highest BCUT2D eigenvalue weighted by Crippen LogP contribution is 1.66. The minimum Gasteiger partial charge on any atom is -0.388 e. The number of hydrogen-bond acceptors (Lipinski definition) is 3. The predicted molar refractivity (Wildman–Crippen MR) is 26.2 cm³/mol. The Hall–Kier alpha value is -0.860. The Morgan fingerprint density at radius 1 is 1.86 bits per heavy atom. The fraction of sp³-hybridized carbons (Fsp3) is 0.500. The van der Waals surface area contributed by atoms with E-state index in [0.29, 0.717) is 6.29 Å². The topological polar surface area (TPSA) is 38.7 Å². The van der Waals surface area contributed by atoms with Gasteiger partial charge < -0.3 is 4.84 Å². The summed E-state index contributed by atoms with van der Waals surface area (Å²) in [5, 5.41) is 3.31. The molecule has 0 unspecified atom stereocenters. The van der Waals surface area contributed by atoms with E-state index in [1.54, 1.807) is 6.92 Å². The number of nitrogens with zero attached hydrogens (tertiary/aromatic N) is 1. The van der Waals surface area contributed by atoms with Crippen LogP contribution in [0.2, 0.25) is 0 Å². The van der Waals surface area contributed by atoms with Gasteiger partial charge in [-0.3, -0.25) is 4.79 Å². The molecule has 0 aliphatic rings. The van der Waals surface area contributed by atoms with Crippen LogP contribution < -0.4 is 0 Å². The van der Waals surface area contributed by atoms with Gasteiger partial charge in [-0.05, 0) is 6.92 Å². The summed E-state index contributed by atoms with van der Waals surface area (Å²) in [7, 11) is 0. The summed E-state index contributed by atoms with van der Waals surface area (Å²) < 4.78 is 0. The van der Waals surface area contributed by atoms with Gasteiger partial charge in [0.15, 0.2) is 12.9 Å². The fourth-order valence-corrected chi connectivity index (χ4v) is 0.148. The van der Waals surface area contributed by atoms with Gasteiger partial charge in [0.05, 0.1) is 0 Å². The molecular weight excluding hydrogens is 94.0 g/mol. The van der Waals surface area contributed by atoms with Crippen LogP contribution in [0, 0.1) is 0 Å². The van der Waals surface area contributed by atoms with E-state index in [1.165, 1.54) is 6.21 Å². The van der Waals surface area contributed by atoms with Gasteiger partial charge in [0.25, 0.3) is 0 Å². The number of carbonyl (C=O) groups excluding carboxylic acids is 1. The molecule has 40 valence electrons. The summed E-state index contributed by atoms with van der Waals surface area (Å²) in [6.45, 7) is 1.76. The maximum absolute atomic E-state index is 9.48. The van der Waals surface area contributed by atoms with E-state index in [-0.39, 0.29) is 6.61 Å². The zero-order chi connectivity index (χ0) is 5.54. The predicted octanol–water partition coefficient (Wildman–Crippen LogP) is 0.208. The third-order valence-corrected chi connectivity index (χ3v) is 0.323. The number of oxime groups is 1. The van der Waals surface area contributed by atoms with E-state index >= 15 is 0 Å². The highest BCUT2D eigenvalue weighted by molar-refractivity contribution is 5.53. The van der Waals surface area contributed by atoms with Gasteiger partial charge in [-0.15, -0.1) is 0 Å². The van der Waals surface area contributed by atoms with Gasteiger partial charge in [0, 0.05) is 6.21 Å². The van der Waals surface area contributed by atoms with E-state index in [9.17, 15) is 4.79 Å². The van der Waals surface area contributed by atoms with E-state index in [4.69, 9.17) is 0 Å². The fourth-order valence-electron chi connectivity index (χ4n) is 0.148. The summed E-state index contributed by atoms with van der Waals surface area (Å²) in [5.41, 5.74) is 0. The summed E-state index contributed by atoms with van der Waals surface area (Å²) in [5.74, 6) is 0. The monoisotopic (exact) mass is 101 g/mol. The molecule has 0 aliphatic heterocycles. The molecule has 0 saturated heterocycles. The second-order valence-electron chi connectivity index (χ2n) is 0.826. The molecule has 0 spiro atoms.